The number of nitrogens with zero attached hydrogens (tertiary/aromatic N) is 4. The number of halogens is 1. The molecule has 1 aliphatic heterocycles. The van der Waals surface area contributed by atoms with Crippen LogP contribution in [0.1, 0.15) is 32.1 Å². The van der Waals surface area contributed by atoms with Gasteiger partial charge in [0.05, 0.1) is 11.0 Å². The van der Waals surface area contributed by atoms with E-state index in [2.05, 4.69) is 19.9 Å². The summed E-state index contributed by atoms with van der Waals surface area (Å²) in [5, 5.41) is 11.2. The van der Waals surface area contributed by atoms with Crippen LogP contribution in [0.5, 0.6) is 0 Å². The number of hydrogen-bond donors (Lipinski definition) is 2. The van der Waals surface area contributed by atoms with Crippen molar-refractivity contribution >= 4 is 34.4 Å². The van der Waals surface area contributed by atoms with Crippen LogP contribution in [-0.2, 0) is 4.79 Å². The Hall–Kier alpha value is -2.64. The molecule has 1 amide bonds. The summed E-state index contributed by atoms with van der Waals surface area (Å²) < 4.78 is 0. The molecular formula is C24H28ClN5O2. The molecule has 3 heterocycles. The molecule has 1 aliphatic carbocycles. The maximum Gasteiger partial charge on any atom is 0.251 e. The Kier molecular flexibility index (Phi) is 6.02. The van der Waals surface area contributed by atoms with Gasteiger partial charge in [-0.25, -0.2) is 9.97 Å². The summed E-state index contributed by atoms with van der Waals surface area (Å²) in [6.07, 6.45) is 6.34. The molecule has 2 aromatic heterocycles. The minimum Gasteiger partial charge on any atom is -0.383 e. The van der Waals surface area contributed by atoms with Crippen molar-refractivity contribution in [3.63, 3.8) is 0 Å². The number of imidazole rings is 1. The summed E-state index contributed by atoms with van der Waals surface area (Å²) >= 11 is 6.06. The van der Waals surface area contributed by atoms with E-state index < -0.39 is 6.10 Å². The smallest absolute Gasteiger partial charge is 0.251 e. The summed E-state index contributed by atoms with van der Waals surface area (Å²) in [7, 11) is 0. The highest BCUT2D eigenvalue weighted by molar-refractivity contribution is 6.31. The van der Waals surface area contributed by atoms with Gasteiger partial charge in [0.1, 0.15) is 17.7 Å². The normalized spacial score (nSPS) is 18.8. The van der Waals surface area contributed by atoms with Gasteiger partial charge in [0.25, 0.3) is 5.91 Å². The fraction of sp³-hybridized carbons (Fsp3) is 0.458. The van der Waals surface area contributed by atoms with Crippen molar-refractivity contribution in [1.29, 1.82) is 0 Å². The van der Waals surface area contributed by atoms with Crippen LogP contribution >= 0.6 is 11.6 Å². The number of fused-ring (bicyclic) bond motifs is 1. The summed E-state index contributed by atoms with van der Waals surface area (Å²) in [5.41, 5.74) is 2.67. The molecule has 0 unspecified atom stereocenters. The lowest BCUT2D eigenvalue weighted by atomic mass is 9.85. The molecule has 1 atom stereocenters. The second-order valence-electron chi connectivity index (χ2n) is 8.81. The number of amides is 1. The predicted molar refractivity (Wildman–Crippen MR) is 126 cm³/mol. The van der Waals surface area contributed by atoms with E-state index in [-0.39, 0.29) is 11.8 Å². The number of anilines is 1. The predicted octanol–water partition coefficient (Wildman–Crippen LogP) is 3.87. The van der Waals surface area contributed by atoms with Gasteiger partial charge in [0.15, 0.2) is 0 Å². The van der Waals surface area contributed by atoms with Gasteiger partial charge in [0.2, 0.25) is 0 Å². The molecule has 32 heavy (non-hydrogen) atoms. The molecule has 0 radical (unpaired) electrons. The lowest BCUT2D eigenvalue weighted by molar-refractivity contribution is -0.144. The highest BCUT2D eigenvalue weighted by Crippen LogP contribution is 2.28. The van der Waals surface area contributed by atoms with Crippen molar-refractivity contribution < 1.29 is 9.90 Å². The quantitative estimate of drug-likeness (QED) is 0.626. The first-order valence-corrected chi connectivity index (χ1v) is 11.8. The number of rotatable bonds is 4. The summed E-state index contributed by atoms with van der Waals surface area (Å²) in [4.78, 5) is 29.3. The Labute approximate surface area is 192 Å². The number of carbonyl (C=O) groups is 1. The number of piperazine rings is 1. The van der Waals surface area contributed by atoms with Crippen molar-refractivity contribution in [3.05, 3.63) is 41.6 Å². The zero-order chi connectivity index (χ0) is 22.1. The number of aliphatic hydroxyl groups is 1. The highest BCUT2D eigenvalue weighted by Gasteiger charge is 2.32. The number of aromatic nitrogens is 3. The van der Waals surface area contributed by atoms with Gasteiger partial charge in [0, 0.05) is 43.0 Å². The number of carbonyl (C=O) groups excluding carboxylic acids is 1. The van der Waals surface area contributed by atoms with Crippen LogP contribution in [0.25, 0.3) is 22.4 Å². The number of pyridine rings is 1. The van der Waals surface area contributed by atoms with Gasteiger partial charge in [-0.2, -0.15) is 0 Å². The molecule has 0 spiro atoms. The van der Waals surface area contributed by atoms with E-state index >= 15 is 0 Å². The molecule has 7 nitrogen and oxygen atoms in total. The average Bonchev–Trinajstić information content (AvgIpc) is 3.27. The standard InChI is InChI=1S/C24H28ClN5O2/c25-18-7-8-19-20(14-18)28-23(27-19)17-6-9-21(26-15-17)29-10-12-30(13-11-29)24(32)22(31)16-4-2-1-3-5-16/h6-9,14-16,22,31H,1-5,10-13H2,(H,27,28)/t22-/m1/s1. The van der Waals surface area contributed by atoms with Crippen molar-refractivity contribution in [2.45, 2.75) is 38.2 Å². The third-order valence-corrected chi connectivity index (χ3v) is 6.97. The van der Waals surface area contributed by atoms with Gasteiger partial charge >= 0.3 is 0 Å². The Morgan fingerprint density at radius 3 is 2.59 bits per heavy atom. The first kappa shape index (κ1) is 21.2. The van der Waals surface area contributed by atoms with Crippen LogP contribution in [0.3, 0.4) is 0 Å². The van der Waals surface area contributed by atoms with Gasteiger partial charge in [-0.05, 0) is 49.1 Å². The first-order chi connectivity index (χ1) is 15.6. The Morgan fingerprint density at radius 1 is 1.09 bits per heavy atom. The van der Waals surface area contributed by atoms with Gasteiger partial charge in [-0.15, -0.1) is 0 Å². The van der Waals surface area contributed by atoms with E-state index in [1.807, 2.05) is 41.4 Å². The van der Waals surface area contributed by atoms with Crippen molar-refractivity contribution in [2.75, 3.05) is 31.1 Å². The monoisotopic (exact) mass is 453 g/mol. The van der Waals surface area contributed by atoms with Gasteiger partial charge in [-0.3, -0.25) is 4.79 Å². The van der Waals surface area contributed by atoms with E-state index in [0.29, 0.717) is 31.2 Å². The van der Waals surface area contributed by atoms with E-state index in [9.17, 15) is 9.90 Å². The minimum atomic E-state index is -0.849. The second-order valence-corrected chi connectivity index (χ2v) is 9.24. The number of hydrogen-bond acceptors (Lipinski definition) is 5. The molecule has 1 aromatic carbocycles. The van der Waals surface area contributed by atoms with E-state index in [4.69, 9.17) is 11.6 Å². The van der Waals surface area contributed by atoms with E-state index in [1.54, 1.807) is 0 Å². The topological polar surface area (TPSA) is 85.4 Å². The van der Waals surface area contributed by atoms with E-state index in [0.717, 1.165) is 53.9 Å². The fourth-order valence-corrected chi connectivity index (χ4v) is 5.00. The molecule has 2 fully saturated rings. The molecule has 0 bridgehead atoms. The Bertz CT molecular complexity index is 1090. The SMILES string of the molecule is O=C([C@H](O)C1CCCCC1)N1CCN(c2ccc(-c3nc4ccc(Cl)cc4[nH]3)cn2)CC1. The van der Waals surface area contributed by atoms with Gasteiger partial charge in [-0.1, -0.05) is 30.9 Å². The number of aliphatic hydroxyl groups excluding tert-OH is 1. The minimum absolute atomic E-state index is 0.107. The van der Waals surface area contributed by atoms with Crippen LogP contribution in [-0.4, -0.2) is 63.1 Å². The molecule has 2 N–H and O–H groups in total. The highest BCUT2D eigenvalue weighted by atomic mass is 35.5. The molecular weight excluding hydrogens is 426 g/mol. The number of benzene rings is 1. The van der Waals surface area contributed by atoms with E-state index in [1.165, 1.54) is 6.42 Å². The van der Waals surface area contributed by atoms with Crippen molar-refractivity contribution in [1.82, 2.24) is 19.9 Å². The zero-order valence-corrected chi connectivity index (χ0v) is 18.8. The fourth-order valence-electron chi connectivity index (χ4n) is 4.83. The molecule has 3 aromatic rings. The summed E-state index contributed by atoms with van der Waals surface area (Å²) in [6.45, 7) is 2.63. The van der Waals surface area contributed by atoms with Crippen LogP contribution in [0.15, 0.2) is 36.5 Å². The number of H-pyrrole nitrogens is 1. The first-order valence-electron chi connectivity index (χ1n) is 11.4. The largest absolute Gasteiger partial charge is 0.383 e. The second kappa shape index (κ2) is 9.08. The summed E-state index contributed by atoms with van der Waals surface area (Å²) in [5.74, 6) is 1.66. The lowest BCUT2D eigenvalue weighted by Crippen LogP contribution is -2.53. The molecule has 168 valence electrons. The average molecular weight is 454 g/mol. The van der Waals surface area contributed by atoms with Crippen molar-refractivity contribution in [3.8, 4) is 11.4 Å². The zero-order valence-electron chi connectivity index (χ0n) is 18.0. The lowest BCUT2D eigenvalue weighted by Gasteiger charge is -2.37. The number of aromatic amines is 1. The van der Waals surface area contributed by atoms with Crippen LogP contribution < -0.4 is 4.90 Å². The third-order valence-electron chi connectivity index (χ3n) is 6.73. The summed E-state index contributed by atoms with van der Waals surface area (Å²) in [6, 6.07) is 9.58. The number of nitrogens with one attached hydrogen (secondary N) is 1. The Morgan fingerprint density at radius 2 is 1.88 bits per heavy atom. The molecule has 2 aliphatic rings. The van der Waals surface area contributed by atoms with Crippen LogP contribution in [0, 0.1) is 5.92 Å². The van der Waals surface area contributed by atoms with Crippen LogP contribution in [0.2, 0.25) is 5.02 Å². The molecule has 1 saturated carbocycles. The molecule has 8 heteroatoms. The maximum atomic E-state index is 12.8. The Balaban J connectivity index is 1.20. The molecule has 5 rings (SSSR count). The third kappa shape index (κ3) is 4.32. The molecule has 1 saturated heterocycles. The van der Waals surface area contributed by atoms with Crippen LogP contribution in [0.4, 0.5) is 5.82 Å². The maximum absolute atomic E-state index is 12.8. The van der Waals surface area contributed by atoms with Crippen molar-refractivity contribution in [2.24, 2.45) is 5.92 Å². The van der Waals surface area contributed by atoms with Gasteiger partial charge < -0.3 is 19.9 Å².